The highest BCUT2D eigenvalue weighted by Crippen LogP contribution is 2.25. The summed E-state index contributed by atoms with van der Waals surface area (Å²) in [5.41, 5.74) is 5.14. The lowest BCUT2D eigenvalue weighted by Gasteiger charge is -2.30. The number of rotatable bonds is 3. The summed E-state index contributed by atoms with van der Waals surface area (Å²) in [5.74, 6) is -0.439. The van der Waals surface area contributed by atoms with Gasteiger partial charge in [-0.3, -0.25) is 0 Å². The molecule has 1 radical (unpaired) electrons. The van der Waals surface area contributed by atoms with E-state index in [-0.39, 0.29) is 6.42 Å². The van der Waals surface area contributed by atoms with Crippen LogP contribution in [0, 0.1) is 6.92 Å². The minimum Gasteiger partial charge on any atom is -0.458 e. The summed E-state index contributed by atoms with van der Waals surface area (Å²) in [5, 5.41) is 0. The molecule has 3 nitrogen and oxygen atoms in total. The monoisotopic (exact) mass is 234 g/mol. The molecule has 0 amide bonds. The Kier molecular flexibility index (Phi) is 3.94. The molecule has 3 heteroatoms. The lowest BCUT2D eigenvalue weighted by Crippen LogP contribution is -2.48. The van der Waals surface area contributed by atoms with Gasteiger partial charge in [0.1, 0.15) is 11.1 Å². The van der Waals surface area contributed by atoms with Gasteiger partial charge in [0.2, 0.25) is 0 Å². The Morgan fingerprint density at radius 2 is 1.82 bits per heavy atom. The van der Waals surface area contributed by atoms with Gasteiger partial charge in [-0.15, -0.1) is 0 Å². The van der Waals surface area contributed by atoms with Crippen molar-refractivity contribution in [3.8, 4) is 0 Å². The van der Waals surface area contributed by atoms with Crippen LogP contribution in [0.1, 0.15) is 32.8 Å². The zero-order valence-electron chi connectivity index (χ0n) is 10.7. The SMILES string of the molecule is [CH2]CC(N)(C(=O)OC(C)(C)C)c1ccccc1. The lowest BCUT2D eigenvalue weighted by atomic mass is 9.88. The lowest BCUT2D eigenvalue weighted by molar-refractivity contribution is -0.162. The van der Waals surface area contributed by atoms with Crippen LogP contribution in [-0.4, -0.2) is 11.6 Å². The van der Waals surface area contributed by atoms with Crippen LogP contribution in [0.5, 0.6) is 0 Å². The molecule has 93 valence electrons. The minimum atomic E-state index is -1.17. The van der Waals surface area contributed by atoms with Crippen LogP contribution in [0.2, 0.25) is 0 Å². The molecule has 0 aliphatic rings. The molecule has 1 rings (SSSR count). The van der Waals surface area contributed by atoms with Gasteiger partial charge in [0.15, 0.2) is 0 Å². The maximum Gasteiger partial charge on any atom is 0.331 e. The van der Waals surface area contributed by atoms with Crippen molar-refractivity contribution >= 4 is 5.97 Å². The van der Waals surface area contributed by atoms with Crippen molar-refractivity contribution in [2.75, 3.05) is 0 Å². The molecule has 0 heterocycles. The van der Waals surface area contributed by atoms with E-state index < -0.39 is 17.1 Å². The smallest absolute Gasteiger partial charge is 0.331 e. The Morgan fingerprint density at radius 1 is 1.29 bits per heavy atom. The third-order valence-corrected chi connectivity index (χ3v) is 2.45. The molecule has 0 bridgehead atoms. The summed E-state index contributed by atoms with van der Waals surface area (Å²) in [6.07, 6.45) is 0.256. The fourth-order valence-corrected chi connectivity index (χ4v) is 1.47. The third-order valence-electron chi connectivity index (χ3n) is 2.45. The van der Waals surface area contributed by atoms with Gasteiger partial charge in [-0.25, -0.2) is 4.79 Å². The second-order valence-electron chi connectivity index (χ2n) is 5.09. The molecule has 0 spiro atoms. The quantitative estimate of drug-likeness (QED) is 0.817. The molecule has 1 aromatic rings. The Bertz CT molecular complexity index is 381. The molecule has 1 atom stereocenters. The average Bonchev–Trinajstić information content (AvgIpc) is 2.27. The molecule has 0 aromatic heterocycles. The predicted octanol–water partition coefficient (Wildman–Crippen LogP) is 2.41. The molecule has 0 aliphatic heterocycles. The van der Waals surface area contributed by atoms with Crippen LogP contribution < -0.4 is 5.73 Å². The average molecular weight is 234 g/mol. The Labute approximate surface area is 103 Å². The van der Waals surface area contributed by atoms with E-state index in [1.54, 1.807) is 0 Å². The molecule has 1 aromatic carbocycles. The second kappa shape index (κ2) is 4.88. The van der Waals surface area contributed by atoms with Gasteiger partial charge in [0, 0.05) is 0 Å². The summed E-state index contributed by atoms with van der Waals surface area (Å²) < 4.78 is 5.34. The molecule has 0 saturated heterocycles. The van der Waals surface area contributed by atoms with Crippen LogP contribution in [0.15, 0.2) is 30.3 Å². The summed E-state index contributed by atoms with van der Waals surface area (Å²) in [6.45, 7) is 9.22. The highest BCUT2D eigenvalue weighted by atomic mass is 16.6. The molecule has 1 unspecified atom stereocenters. The van der Waals surface area contributed by atoms with E-state index >= 15 is 0 Å². The summed E-state index contributed by atoms with van der Waals surface area (Å²) >= 11 is 0. The Balaban J connectivity index is 3.01. The van der Waals surface area contributed by atoms with E-state index in [0.29, 0.717) is 0 Å². The summed E-state index contributed by atoms with van der Waals surface area (Å²) in [6, 6.07) is 9.19. The number of carbonyl (C=O) groups is 1. The molecular weight excluding hydrogens is 214 g/mol. The standard InChI is InChI=1S/C14H20NO2/c1-5-14(15,11-9-7-6-8-10-11)12(16)17-13(2,3)4/h6-10H,1,5,15H2,2-4H3. The van der Waals surface area contributed by atoms with Gasteiger partial charge in [0.25, 0.3) is 0 Å². The predicted molar refractivity (Wildman–Crippen MR) is 68.1 cm³/mol. The van der Waals surface area contributed by atoms with E-state index in [9.17, 15) is 4.79 Å². The van der Waals surface area contributed by atoms with Crippen LogP contribution in [0.4, 0.5) is 0 Å². The number of nitrogens with two attached hydrogens (primary N) is 1. The van der Waals surface area contributed by atoms with Gasteiger partial charge >= 0.3 is 5.97 Å². The van der Waals surface area contributed by atoms with Crippen LogP contribution in [0.25, 0.3) is 0 Å². The largest absolute Gasteiger partial charge is 0.458 e. The molecular formula is C14H20NO2. The number of ether oxygens (including phenoxy) is 1. The van der Waals surface area contributed by atoms with Gasteiger partial charge in [-0.05, 0) is 32.8 Å². The van der Waals surface area contributed by atoms with E-state index in [4.69, 9.17) is 10.5 Å². The van der Waals surface area contributed by atoms with Crippen molar-refractivity contribution in [1.29, 1.82) is 0 Å². The van der Waals surface area contributed by atoms with Gasteiger partial charge in [-0.2, -0.15) is 0 Å². The normalized spacial score (nSPS) is 15.1. The number of carbonyl (C=O) groups excluding carboxylic acids is 1. The van der Waals surface area contributed by atoms with Crippen molar-refractivity contribution in [3.63, 3.8) is 0 Å². The zero-order chi connectivity index (χ0) is 13.1. The second-order valence-corrected chi connectivity index (χ2v) is 5.09. The maximum absolute atomic E-state index is 12.1. The Morgan fingerprint density at radius 3 is 2.24 bits per heavy atom. The topological polar surface area (TPSA) is 52.3 Å². The van der Waals surface area contributed by atoms with Crippen molar-refractivity contribution in [2.24, 2.45) is 5.73 Å². The molecule has 0 aliphatic carbocycles. The van der Waals surface area contributed by atoms with Crippen LogP contribution in [0.3, 0.4) is 0 Å². The number of hydrogen-bond donors (Lipinski definition) is 1. The van der Waals surface area contributed by atoms with Crippen molar-refractivity contribution in [1.82, 2.24) is 0 Å². The van der Waals surface area contributed by atoms with E-state index in [1.165, 1.54) is 0 Å². The number of hydrogen-bond acceptors (Lipinski definition) is 3. The van der Waals surface area contributed by atoms with Crippen molar-refractivity contribution in [3.05, 3.63) is 42.8 Å². The molecule has 0 saturated carbocycles. The molecule has 0 fully saturated rings. The summed E-state index contributed by atoms with van der Waals surface area (Å²) in [7, 11) is 0. The fraction of sp³-hybridized carbons (Fsp3) is 0.429. The van der Waals surface area contributed by atoms with Crippen molar-refractivity contribution < 1.29 is 9.53 Å². The first-order valence-electron chi connectivity index (χ1n) is 5.67. The first-order chi connectivity index (χ1) is 7.79. The first-order valence-corrected chi connectivity index (χ1v) is 5.67. The number of esters is 1. The minimum absolute atomic E-state index is 0.256. The van der Waals surface area contributed by atoms with Crippen LogP contribution in [-0.2, 0) is 15.1 Å². The zero-order valence-corrected chi connectivity index (χ0v) is 10.7. The molecule has 17 heavy (non-hydrogen) atoms. The highest BCUT2D eigenvalue weighted by molar-refractivity contribution is 5.82. The highest BCUT2D eigenvalue weighted by Gasteiger charge is 2.37. The van der Waals surface area contributed by atoms with E-state index in [0.717, 1.165) is 5.56 Å². The molecule has 2 N–H and O–H groups in total. The van der Waals surface area contributed by atoms with E-state index in [1.807, 2.05) is 51.1 Å². The van der Waals surface area contributed by atoms with Crippen LogP contribution >= 0.6 is 0 Å². The summed E-state index contributed by atoms with van der Waals surface area (Å²) in [4.78, 5) is 12.1. The fourth-order valence-electron chi connectivity index (χ4n) is 1.47. The maximum atomic E-state index is 12.1. The van der Waals surface area contributed by atoms with Gasteiger partial charge < -0.3 is 10.5 Å². The van der Waals surface area contributed by atoms with Gasteiger partial charge in [0.05, 0.1) is 0 Å². The third kappa shape index (κ3) is 3.30. The van der Waals surface area contributed by atoms with Crippen molar-refractivity contribution in [2.45, 2.75) is 38.3 Å². The van der Waals surface area contributed by atoms with Gasteiger partial charge in [-0.1, -0.05) is 37.3 Å². The Hall–Kier alpha value is -1.35. The first kappa shape index (κ1) is 13.7. The number of benzene rings is 1. The van der Waals surface area contributed by atoms with E-state index in [2.05, 4.69) is 6.92 Å².